The molecule has 9 nitrogen and oxygen atoms in total. The smallest absolute Gasteiger partial charge is 0.320 e. The molecule has 4 rings (SSSR count). The van der Waals surface area contributed by atoms with Crippen LogP contribution in [-0.2, 0) is 14.8 Å². The maximum absolute atomic E-state index is 13.5. The lowest BCUT2D eigenvalue weighted by molar-refractivity contribution is -0.140. The number of hydrogen-bond acceptors (Lipinski definition) is 7. The number of rotatable bonds is 8. The molecule has 2 aliphatic heterocycles. The third kappa shape index (κ3) is 4.90. The van der Waals surface area contributed by atoms with Crippen LogP contribution < -0.4 is 10.1 Å². The predicted molar refractivity (Wildman–Crippen MR) is 121 cm³/mol. The van der Waals surface area contributed by atoms with E-state index in [1.807, 2.05) is 30.1 Å². The SMILES string of the molecule is CSCCN1C(=O)N(CC2CNN(C)C2)C(=O)C2CC(S(=O)(=O)NC3(C)CC3)CCC21. The topological polar surface area (TPSA) is 102 Å². The van der Waals surface area contributed by atoms with Gasteiger partial charge in [0.25, 0.3) is 0 Å². The maximum atomic E-state index is 13.5. The molecule has 0 aromatic carbocycles. The zero-order chi connectivity index (χ0) is 22.4. The van der Waals surface area contributed by atoms with Crippen molar-refractivity contribution in [2.24, 2.45) is 11.8 Å². The van der Waals surface area contributed by atoms with Crippen LogP contribution in [0.1, 0.15) is 39.0 Å². The van der Waals surface area contributed by atoms with Gasteiger partial charge in [-0.2, -0.15) is 11.8 Å². The fourth-order valence-corrected chi connectivity index (χ4v) is 7.49. The van der Waals surface area contributed by atoms with Crippen molar-refractivity contribution < 1.29 is 18.0 Å². The number of hydrazine groups is 1. The molecule has 0 aromatic rings. The van der Waals surface area contributed by atoms with Gasteiger partial charge in [0.1, 0.15) is 0 Å². The number of nitrogens with one attached hydrogen (secondary N) is 2. The fraction of sp³-hybridized carbons (Fsp3) is 0.900. The van der Waals surface area contributed by atoms with Gasteiger partial charge in [-0.25, -0.2) is 22.9 Å². The van der Waals surface area contributed by atoms with E-state index in [9.17, 15) is 18.0 Å². The number of nitrogens with zero attached hydrogens (tertiary/aromatic N) is 3. The summed E-state index contributed by atoms with van der Waals surface area (Å²) in [7, 11) is -1.54. The molecule has 176 valence electrons. The first-order chi connectivity index (χ1) is 14.6. The van der Waals surface area contributed by atoms with Crippen LogP contribution in [0.2, 0.25) is 0 Å². The molecule has 4 atom stereocenters. The van der Waals surface area contributed by atoms with Crippen LogP contribution >= 0.6 is 11.8 Å². The first kappa shape index (κ1) is 23.3. The van der Waals surface area contributed by atoms with Crippen molar-refractivity contribution in [3.05, 3.63) is 0 Å². The van der Waals surface area contributed by atoms with E-state index < -0.39 is 21.2 Å². The van der Waals surface area contributed by atoms with Gasteiger partial charge in [0.15, 0.2) is 0 Å². The van der Waals surface area contributed by atoms with Crippen molar-refractivity contribution in [2.45, 2.75) is 55.9 Å². The molecule has 4 fully saturated rings. The predicted octanol–water partition coefficient (Wildman–Crippen LogP) is 0.689. The summed E-state index contributed by atoms with van der Waals surface area (Å²) in [6.45, 7) is 4.39. The molecule has 11 heteroatoms. The lowest BCUT2D eigenvalue weighted by Crippen LogP contribution is -2.65. The zero-order valence-corrected chi connectivity index (χ0v) is 20.3. The monoisotopic (exact) mass is 473 g/mol. The first-order valence-electron chi connectivity index (χ1n) is 11.2. The van der Waals surface area contributed by atoms with Gasteiger partial charge < -0.3 is 4.90 Å². The normalized spacial score (nSPS) is 33.6. The summed E-state index contributed by atoms with van der Waals surface area (Å²) in [5, 5.41) is 1.40. The Balaban J connectivity index is 1.53. The highest BCUT2D eigenvalue weighted by Gasteiger charge is 2.52. The molecule has 31 heavy (non-hydrogen) atoms. The Morgan fingerprint density at radius 2 is 2.00 bits per heavy atom. The molecule has 2 aliphatic carbocycles. The minimum atomic E-state index is -3.49. The van der Waals surface area contributed by atoms with Crippen LogP contribution in [-0.4, -0.2) is 97.2 Å². The van der Waals surface area contributed by atoms with Crippen molar-refractivity contribution in [3.63, 3.8) is 0 Å². The van der Waals surface area contributed by atoms with E-state index in [1.54, 1.807) is 11.8 Å². The van der Waals surface area contributed by atoms with E-state index in [1.165, 1.54) is 4.90 Å². The van der Waals surface area contributed by atoms with E-state index in [4.69, 9.17) is 0 Å². The van der Waals surface area contributed by atoms with Crippen LogP contribution in [0.5, 0.6) is 0 Å². The summed E-state index contributed by atoms with van der Waals surface area (Å²) in [6.07, 6.45) is 5.05. The summed E-state index contributed by atoms with van der Waals surface area (Å²) in [5.74, 6) is 0.333. The second kappa shape index (κ2) is 8.81. The number of carbonyl (C=O) groups excluding carboxylic acids is 2. The van der Waals surface area contributed by atoms with Crippen LogP contribution in [0, 0.1) is 11.8 Å². The van der Waals surface area contributed by atoms with Crippen molar-refractivity contribution in [3.8, 4) is 0 Å². The molecule has 4 unspecified atom stereocenters. The summed E-state index contributed by atoms with van der Waals surface area (Å²) < 4.78 is 28.9. The molecule has 3 amide bonds. The molecule has 2 saturated heterocycles. The van der Waals surface area contributed by atoms with Crippen molar-refractivity contribution in [2.75, 3.05) is 45.2 Å². The van der Waals surface area contributed by atoms with E-state index in [2.05, 4.69) is 10.1 Å². The fourth-order valence-electron chi connectivity index (χ4n) is 5.14. The van der Waals surface area contributed by atoms with Crippen molar-refractivity contribution in [1.82, 2.24) is 25.0 Å². The minimum absolute atomic E-state index is 0.177. The third-order valence-corrected chi connectivity index (χ3v) is 9.89. The van der Waals surface area contributed by atoms with E-state index in [-0.39, 0.29) is 35.9 Å². The van der Waals surface area contributed by atoms with Crippen LogP contribution in [0.15, 0.2) is 0 Å². The number of fused-ring (bicyclic) bond motifs is 1. The quantitative estimate of drug-likeness (QED) is 0.535. The maximum Gasteiger partial charge on any atom is 0.327 e. The standard InChI is InChI=1S/C20H35N5O4S2/c1-20(6-7-20)22-31(28,29)15-4-5-17-16(10-15)18(26)25(13-14-11-21-23(2)12-14)19(27)24(17)8-9-30-3/h14-17,21-22H,4-13H2,1-3H3. The van der Waals surface area contributed by atoms with Crippen molar-refractivity contribution >= 4 is 33.7 Å². The highest BCUT2D eigenvalue weighted by Crippen LogP contribution is 2.40. The average Bonchev–Trinajstić information content (AvgIpc) is 3.28. The Labute approximate surface area is 189 Å². The Morgan fingerprint density at radius 1 is 1.26 bits per heavy atom. The van der Waals surface area contributed by atoms with Gasteiger partial charge in [0, 0.05) is 56.5 Å². The number of amides is 3. The number of sulfonamides is 1. The lowest BCUT2D eigenvalue weighted by Gasteiger charge is -2.48. The third-order valence-electron chi connectivity index (χ3n) is 7.21. The number of carbonyl (C=O) groups is 2. The summed E-state index contributed by atoms with van der Waals surface area (Å²) in [4.78, 5) is 30.0. The number of imide groups is 1. The molecule has 4 aliphatic rings. The second-order valence-electron chi connectivity index (χ2n) is 9.84. The van der Waals surface area contributed by atoms with Gasteiger partial charge in [0.05, 0.1) is 11.2 Å². The lowest BCUT2D eigenvalue weighted by atomic mass is 9.80. The van der Waals surface area contributed by atoms with Gasteiger partial charge in [-0.15, -0.1) is 0 Å². The van der Waals surface area contributed by atoms with Crippen LogP contribution in [0.4, 0.5) is 4.79 Å². The largest absolute Gasteiger partial charge is 0.327 e. The molecule has 0 bridgehead atoms. The number of thioether (sulfide) groups is 1. The van der Waals surface area contributed by atoms with E-state index in [0.717, 1.165) is 31.7 Å². The average molecular weight is 474 g/mol. The highest BCUT2D eigenvalue weighted by atomic mass is 32.2. The summed E-state index contributed by atoms with van der Waals surface area (Å²) >= 11 is 1.67. The van der Waals surface area contributed by atoms with Crippen molar-refractivity contribution in [1.29, 1.82) is 0 Å². The second-order valence-corrected chi connectivity index (χ2v) is 12.8. The van der Waals surface area contributed by atoms with Crippen LogP contribution in [0.3, 0.4) is 0 Å². The van der Waals surface area contributed by atoms with Gasteiger partial charge in [-0.1, -0.05) is 0 Å². The summed E-state index contributed by atoms with van der Waals surface area (Å²) in [5.41, 5.74) is 2.91. The summed E-state index contributed by atoms with van der Waals surface area (Å²) in [6, 6.07) is -0.407. The van der Waals surface area contributed by atoms with Gasteiger partial charge in [-0.3, -0.25) is 15.1 Å². The van der Waals surface area contributed by atoms with Gasteiger partial charge in [0.2, 0.25) is 15.9 Å². The molecule has 0 spiro atoms. The number of urea groups is 1. The van der Waals surface area contributed by atoms with Gasteiger partial charge in [-0.05, 0) is 45.3 Å². The van der Waals surface area contributed by atoms with E-state index >= 15 is 0 Å². The molecule has 0 aromatic heterocycles. The molecule has 2 N–H and O–H groups in total. The molecular formula is C20H35N5O4S2. The Kier molecular flexibility index (Phi) is 6.62. The Morgan fingerprint density at radius 3 is 2.61 bits per heavy atom. The molecule has 2 saturated carbocycles. The van der Waals surface area contributed by atoms with Crippen LogP contribution in [0.25, 0.3) is 0 Å². The Bertz CT molecular complexity index is 818. The Hall–Kier alpha value is -0.880. The minimum Gasteiger partial charge on any atom is -0.320 e. The molecule has 0 radical (unpaired) electrons. The number of hydrogen-bond donors (Lipinski definition) is 2. The van der Waals surface area contributed by atoms with E-state index in [0.29, 0.717) is 25.9 Å². The first-order valence-corrected chi connectivity index (χ1v) is 14.2. The highest BCUT2D eigenvalue weighted by molar-refractivity contribution is 7.98. The molecular weight excluding hydrogens is 438 g/mol. The van der Waals surface area contributed by atoms with Gasteiger partial charge >= 0.3 is 6.03 Å². The zero-order valence-electron chi connectivity index (χ0n) is 18.7. The molecule has 2 heterocycles.